The molecule has 0 aromatic heterocycles. The molecule has 2 rings (SSSR count). The predicted octanol–water partition coefficient (Wildman–Crippen LogP) is 3.76. The predicted molar refractivity (Wildman–Crippen MR) is 83.7 cm³/mol. The van der Waals surface area contributed by atoms with E-state index >= 15 is 0 Å². The zero-order valence-electron chi connectivity index (χ0n) is 11.0. The summed E-state index contributed by atoms with van der Waals surface area (Å²) in [5.41, 5.74) is 1.43. The molecular weight excluding hydrogens is 337 g/mol. The second-order valence-corrected chi connectivity index (χ2v) is 6.20. The number of rotatable bonds is 5. The Bertz CT molecular complexity index is 363. The van der Waals surface area contributed by atoms with E-state index in [1.54, 1.807) is 0 Å². The number of ether oxygens (including phenoxy) is 1. The molecule has 0 spiro atoms. The van der Waals surface area contributed by atoms with Crippen molar-refractivity contribution >= 4 is 22.6 Å². The van der Waals surface area contributed by atoms with Gasteiger partial charge in [0.05, 0.1) is 0 Å². The molecule has 0 amide bonds. The molecule has 1 aromatic rings. The Kier molecular flexibility index (Phi) is 5.92. The molecule has 18 heavy (non-hydrogen) atoms. The van der Waals surface area contributed by atoms with E-state index in [0.29, 0.717) is 6.04 Å². The lowest BCUT2D eigenvalue weighted by atomic mass is 9.89. The van der Waals surface area contributed by atoms with Crippen LogP contribution in [-0.4, -0.2) is 19.8 Å². The van der Waals surface area contributed by atoms with Gasteiger partial charge in [-0.2, -0.15) is 0 Å². The van der Waals surface area contributed by atoms with Crippen LogP contribution in [0.2, 0.25) is 0 Å². The minimum absolute atomic E-state index is 0.493. The normalized spacial score (nSPS) is 18.8. The number of benzene rings is 1. The number of nitrogens with one attached hydrogen (secondary N) is 1. The van der Waals surface area contributed by atoms with Crippen LogP contribution in [0.15, 0.2) is 24.3 Å². The zero-order chi connectivity index (χ0) is 12.8. The Morgan fingerprint density at radius 2 is 2.17 bits per heavy atom. The Morgan fingerprint density at radius 3 is 2.83 bits per heavy atom. The van der Waals surface area contributed by atoms with Gasteiger partial charge < -0.3 is 10.1 Å². The highest BCUT2D eigenvalue weighted by atomic mass is 127. The van der Waals surface area contributed by atoms with Crippen LogP contribution < -0.4 is 5.32 Å². The molecule has 1 aliphatic heterocycles. The molecular formula is C15H22INO. The van der Waals surface area contributed by atoms with Crippen molar-refractivity contribution < 1.29 is 4.74 Å². The van der Waals surface area contributed by atoms with Crippen molar-refractivity contribution in [2.24, 2.45) is 5.92 Å². The lowest BCUT2D eigenvalue weighted by Gasteiger charge is -2.27. The summed E-state index contributed by atoms with van der Waals surface area (Å²) >= 11 is 2.39. The SMILES string of the molecule is CCNC(CC1CCOCC1)c1cccc(I)c1. The van der Waals surface area contributed by atoms with E-state index in [0.717, 1.165) is 25.7 Å². The second-order valence-electron chi connectivity index (χ2n) is 4.96. The molecule has 0 saturated carbocycles. The summed E-state index contributed by atoms with van der Waals surface area (Å²) in [7, 11) is 0. The number of hydrogen-bond acceptors (Lipinski definition) is 2. The van der Waals surface area contributed by atoms with Gasteiger partial charge in [0.15, 0.2) is 0 Å². The van der Waals surface area contributed by atoms with Crippen LogP contribution in [-0.2, 0) is 4.74 Å². The van der Waals surface area contributed by atoms with Crippen molar-refractivity contribution in [3.05, 3.63) is 33.4 Å². The lowest BCUT2D eigenvalue weighted by molar-refractivity contribution is 0.0606. The van der Waals surface area contributed by atoms with E-state index in [9.17, 15) is 0 Å². The molecule has 0 bridgehead atoms. The lowest BCUT2D eigenvalue weighted by Crippen LogP contribution is -2.26. The van der Waals surface area contributed by atoms with Crippen molar-refractivity contribution in [2.45, 2.75) is 32.2 Å². The largest absolute Gasteiger partial charge is 0.381 e. The third-order valence-corrected chi connectivity index (χ3v) is 4.28. The highest BCUT2D eigenvalue weighted by Gasteiger charge is 2.20. The minimum Gasteiger partial charge on any atom is -0.381 e. The van der Waals surface area contributed by atoms with Gasteiger partial charge in [0.25, 0.3) is 0 Å². The molecule has 1 saturated heterocycles. The Morgan fingerprint density at radius 1 is 1.39 bits per heavy atom. The average Bonchev–Trinajstić information content (AvgIpc) is 2.39. The molecule has 1 fully saturated rings. The first-order valence-electron chi connectivity index (χ1n) is 6.86. The van der Waals surface area contributed by atoms with Crippen molar-refractivity contribution in [3.8, 4) is 0 Å². The molecule has 3 heteroatoms. The van der Waals surface area contributed by atoms with Gasteiger partial charge in [0.2, 0.25) is 0 Å². The van der Waals surface area contributed by atoms with Gasteiger partial charge in [-0.25, -0.2) is 0 Å². The van der Waals surface area contributed by atoms with Crippen LogP contribution >= 0.6 is 22.6 Å². The Labute approximate surface area is 124 Å². The van der Waals surface area contributed by atoms with E-state index in [1.165, 1.54) is 28.4 Å². The van der Waals surface area contributed by atoms with E-state index in [4.69, 9.17) is 4.74 Å². The fraction of sp³-hybridized carbons (Fsp3) is 0.600. The van der Waals surface area contributed by atoms with Crippen LogP contribution in [0.25, 0.3) is 0 Å². The molecule has 1 aromatic carbocycles. The standard InChI is InChI=1S/C15H22INO/c1-2-17-15(10-12-6-8-18-9-7-12)13-4-3-5-14(16)11-13/h3-5,11-12,15,17H,2,6-10H2,1H3. The van der Waals surface area contributed by atoms with Gasteiger partial charge in [-0.15, -0.1) is 0 Å². The molecule has 1 heterocycles. The summed E-state index contributed by atoms with van der Waals surface area (Å²) < 4.78 is 6.76. The molecule has 1 atom stereocenters. The van der Waals surface area contributed by atoms with Gasteiger partial charge in [0.1, 0.15) is 0 Å². The third kappa shape index (κ3) is 4.21. The van der Waals surface area contributed by atoms with Crippen molar-refractivity contribution in [1.82, 2.24) is 5.32 Å². The smallest absolute Gasteiger partial charge is 0.0468 e. The van der Waals surface area contributed by atoms with E-state index in [2.05, 4.69) is 59.1 Å². The maximum atomic E-state index is 5.44. The maximum Gasteiger partial charge on any atom is 0.0468 e. The maximum absolute atomic E-state index is 5.44. The second kappa shape index (κ2) is 7.46. The minimum atomic E-state index is 0.493. The van der Waals surface area contributed by atoms with Crippen LogP contribution in [0.5, 0.6) is 0 Å². The van der Waals surface area contributed by atoms with Gasteiger partial charge in [-0.05, 0) is 72.0 Å². The van der Waals surface area contributed by atoms with Gasteiger partial charge in [-0.1, -0.05) is 19.1 Å². The van der Waals surface area contributed by atoms with E-state index < -0.39 is 0 Å². The fourth-order valence-electron chi connectivity index (χ4n) is 2.62. The van der Waals surface area contributed by atoms with Crippen LogP contribution in [0.1, 0.15) is 37.8 Å². The van der Waals surface area contributed by atoms with Crippen molar-refractivity contribution in [3.63, 3.8) is 0 Å². The third-order valence-electron chi connectivity index (χ3n) is 3.61. The molecule has 1 unspecified atom stereocenters. The summed E-state index contributed by atoms with van der Waals surface area (Å²) in [6, 6.07) is 9.35. The molecule has 1 N–H and O–H groups in total. The fourth-order valence-corrected chi connectivity index (χ4v) is 3.19. The summed E-state index contributed by atoms with van der Waals surface area (Å²) in [6.45, 7) is 5.09. The van der Waals surface area contributed by atoms with Crippen LogP contribution in [0, 0.1) is 9.49 Å². The summed E-state index contributed by atoms with van der Waals surface area (Å²) in [5, 5.41) is 3.63. The highest BCUT2D eigenvalue weighted by Crippen LogP contribution is 2.28. The van der Waals surface area contributed by atoms with E-state index in [-0.39, 0.29) is 0 Å². The highest BCUT2D eigenvalue weighted by molar-refractivity contribution is 14.1. The van der Waals surface area contributed by atoms with Crippen LogP contribution in [0.3, 0.4) is 0 Å². The van der Waals surface area contributed by atoms with Crippen molar-refractivity contribution in [1.29, 1.82) is 0 Å². The van der Waals surface area contributed by atoms with Gasteiger partial charge in [0, 0.05) is 22.8 Å². The van der Waals surface area contributed by atoms with Gasteiger partial charge >= 0.3 is 0 Å². The summed E-state index contributed by atoms with van der Waals surface area (Å²) in [5.74, 6) is 0.806. The molecule has 1 aliphatic rings. The molecule has 0 radical (unpaired) electrons. The Balaban J connectivity index is 2.02. The van der Waals surface area contributed by atoms with Crippen molar-refractivity contribution in [2.75, 3.05) is 19.8 Å². The topological polar surface area (TPSA) is 21.3 Å². The quantitative estimate of drug-likeness (QED) is 0.809. The molecule has 100 valence electrons. The number of hydrogen-bond donors (Lipinski definition) is 1. The Hall–Kier alpha value is -0.130. The number of halogens is 1. The molecule has 0 aliphatic carbocycles. The first kappa shape index (κ1) is 14.3. The summed E-state index contributed by atoms with van der Waals surface area (Å²) in [4.78, 5) is 0. The zero-order valence-corrected chi connectivity index (χ0v) is 13.2. The van der Waals surface area contributed by atoms with E-state index in [1.807, 2.05) is 0 Å². The molecule has 2 nitrogen and oxygen atoms in total. The van der Waals surface area contributed by atoms with Crippen LogP contribution in [0.4, 0.5) is 0 Å². The summed E-state index contributed by atoms with van der Waals surface area (Å²) in [6.07, 6.45) is 3.66. The average molecular weight is 359 g/mol. The van der Waals surface area contributed by atoms with Gasteiger partial charge in [-0.3, -0.25) is 0 Å². The monoisotopic (exact) mass is 359 g/mol. The first-order chi connectivity index (χ1) is 8.79. The first-order valence-corrected chi connectivity index (χ1v) is 7.94.